The van der Waals surface area contributed by atoms with Crippen molar-refractivity contribution in [3.8, 4) is 5.75 Å². The molecule has 2 aromatic carbocycles. The van der Waals surface area contributed by atoms with Gasteiger partial charge in [0.1, 0.15) is 5.75 Å². The van der Waals surface area contributed by atoms with E-state index >= 15 is 0 Å². The van der Waals surface area contributed by atoms with Crippen LogP contribution in [0, 0.1) is 6.92 Å². The molecule has 0 saturated carbocycles. The van der Waals surface area contributed by atoms with Gasteiger partial charge in [-0.15, -0.1) is 0 Å². The monoisotopic (exact) mass is 389 g/mol. The SMILES string of the molecule is CCc1ccc(NC(=O)COc2cc(C)ccc2C(C)C)c(Br)c1. The number of hydrogen-bond donors (Lipinski definition) is 1. The number of carbonyl (C=O) groups excluding carboxylic acids is 1. The zero-order valence-electron chi connectivity index (χ0n) is 14.7. The molecule has 0 bridgehead atoms. The normalized spacial score (nSPS) is 10.8. The van der Waals surface area contributed by atoms with E-state index in [-0.39, 0.29) is 12.5 Å². The zero-order valence-corrected chi connectivity index (χ0v) is 16.2. The third-order valence-electron chi connectivity index (χ3n) is 3.87. The highest BCUT2D eigenvalue weighted by Gasteiger charge is 2.11. The van der Waals surface area contributed by atoms with Gasteiger partial charge >= 0.3 is 0 Å². The molecule has 0 radical (unpaired) electrons. The average Bonchev–Trinajstić information content (AvgIpc) is 2.54. The largest absolute Gasteiger partial charge is 0.483 e. The fourth-order valence-corrected chi connectivity index (χ4v) is 2.98. The van der Waals surface area contributed by atoms with Crippen molar-refractivity contribution in [2.45, 2.75) is 40.0 Å². The molecular formula is C20H24BrNO2. The summed E-state index contributed by atoms with van der Waals surface area (Å²) in [7, 11) is 0. The third-order valence-corrected chi connectivity index (χ3v) is 4.52. The predicted molar refractivity (Wildman–Crippen MR) is 103 cm³/mol. The molecule has 24 heavy (non-hydrogen) atoms. The minimum Gasteiger partial charge on any atom is -0.483 e. The van der Waals surface area contributed by atoms with E-state index in [1.807, 2.05) is 31.2 Å². The molecule has 0 aliphatic rings. The van der Waals surface area contributed by atoms with E-state index in [2.05, 4.69) is 54.2 Å². The highest BCUT2D eigenvalue weighted by atomic mass is 79.9. The summed E-state index contributed by atoms with van der Waals surface area (Å²) in [6.07, 6.45) is 0.960. The van der Waals surface area contributed by atoms with E-state index in [9.17, 15) is 4.79 Å². The van der Waals surface area contributed by atoms with Crippen molar-refractivity contribution in [3.05, 3.63) is 57.6 Å². The Morgan fingerprint density at radius 2 is 1.96 bits per heavy atom. The van der Waals surface area contributed by atoms with Crippen molar-refractivity contribution in [1.29, 1.82) is 0 Å². The third kappa shape index (κ3) is 4.84. The van der Waals surface area contributed by atoms with E-state index in [0.717, 1.165) is 33.5 Å². The number of nitrogens with one attached hydrogen (secondary N) is 1. The Kier molecular flexibility index (Phi) is 6.44. The molecule has 0 aromatic heterocycles. The fraction of sp³-hybridized carbons (Fsp3) is 0.350. The van der Waals surface area contributed by atoms with Gasteiger partial charge in [-0.1, -0.05) is 39.0 Å². The molecule has 1 amide bonds. The van der Waals surface area contributed by atoms with Crippen LogP contribution in [0.2, 0.25) is 0 Å². The first-order valence-electron chi connectivity index (χ1n) is 8.22. The Labute approximate surface area is 152 Å². The average molecular weight is 390 g/mol. The van der Waals surface area contributed by atoms with E-state index in [1.165, 1.54) is 5.56 Å². The highest BCUT2D eigenvalue weighted by molar-refractivity contribution is 9.10. The molecule has 0 aliphatic heterocycles. The molecule has 0 aliphatic carbocycles. The molecule has 1 N–H and O–H groups in total. The van der Waals surface area contributed by atoms with Gasteiger partial charge in [0.25, 0.3) is 5.91 Å². The van der Waals surface area contributed by atoms with Crippen molar-refractivity contribution in [2.24, 2.45) is 0 Å². The van der Waals surface area contributed by atoms with Gasteiger partial charge in [-0.2, -0.15) is 0 Å². The molecular weight excluding hydrogens is 366 g/mol. The number of aryl methyl sites for hydroxylation is 2. The summed E-state index contributed by atoms with van der Waals surface area (Å²) in [4.78, 5) is 12.2. The second kappa shape index (κ2) is 8.34. The first-order valence-corrected chi connectivity index (χ1v) is 9.01. The molecule has 128 valence electrons. The Bertz CT molecular complexity index is 726. The lowest BCUT2D eigenvalue weighted by atomic mass is 10.0. The number of amides is 1. The lowest BCUT2D eigenvalue weighted by molar-refractivity contribution is -0.118. The summed E-state index contributed by atoms with van der Waals surface area (Å²) in [6.45, 7) is 8.34. The van der Waals surface area contributed by atoms with Crippen LogP contribution >= 0.6 is 15.9 Å². The smallest absolute Gasteiger partial charge is 0.262 e. The summed E-state index contributed by atoms with van der Waals surface area (Å²) < 4.78 is 6.65. The standard InChI is InChI=1S/C20H24BrNO2/c1-5-15-7-9-18(17(21)11-15)22-20(23)12-24-19-10-14(4)6-8-16(19)13(2)3/h6-11,13H,5,12H2,1-4H3,(H,22,23). The van der Waals surface area contributed by atoms with Crippen LogP contribution < -0.4 is 10.1 Å². The summed E-state index contributed by atoms with van der Waals surface area (Å²) in [5.41, 5.74) is 4.21. The quantitative estimate of drug-likeness (QED) is 0.711. The van der Waals surface area contributed by atoms with Crippen LogP contribution in [-0.2, 0) is 11.2 Å². The van der Waals surface area contributed by atoms with Crippen LogP contribution in [0.15, 0.2) is 40.9 Å². The molecule has 2 aromatic rings. The summed E-state index contributed by atoms with van der Waals surface area (Å²) in [6, 6.07) is 12.1. The molecule has 0 spiro atoms. The Morgan fingerprint density at radius 1 is 1.21 bits per heavy atom. The van der Waals surface area contributed by atoms with Gasteiger partial charge in [-0.25, -0.2) is 0 Å². The molecule has 4 heteroatoms. The molecule has 0 saturated heterocycles. The number of halogens is 1. The molecule has 2 rings (SSSR count). The van der Waals surface area contributed by atoms with Gasteiger partial charge in [0.05, 0.1) is 5.69 Å². The topological polar surface area (TPSA) is 38.3 Å². The van der Waals surface area contributed by atoms with Crippen molar-refractivity contribution in [2.75, 3.05) is 11.9 Å². The van der Waals surface area contributed by atoms with Gasteiger partial charge in [0, 0.05) is 4.47 Å². The summed E-state index contributed by atoms with van der Waals surface area (Å²) in [5.74, 6) is 0.955. The number of hydrogen-bond acceptors (Lipinski definition) is 2. The minimum absolute atomic E-state index is 0.00879. The molecule has 0 atom stereocenters. The lowest BCUT2D eigenvalue weighted by Crippen LogP contribution is -2.21. The van der Waals surface area contributed by atoms with Gasteiger partial charge in [0.2, 0.25) is 0 Å². The lowest BCUT2D eigenvalue weighted by Gasteiger charge is -2.15. The first-order chi connectivity index (χ1) is 11.4. The van der Waals surface area contributed by atoms with Crippen LogP contribution in [0.3, 0.4) is 0 Å². The molecule has 0 unspecified atom stereocenters. The fourth-order valence-electron chi connectivity index (χ4n) is 2.45. The maximum atomic E-state index is 12.2. The van der Waals surface area contributed by atoms with Crippen LogP contribution in [0.25, 0.3) is 0 Å². The van der Waals surface area contributed by atoms with E-state index in [1.54, 1.807) is 0 Å². The van der Waals surface area contributed by atoms with E-state index < -0.39 is 0 Å². The number of anilines is 1. The number of ether oxygens (including phenoxy) is 1. The van der Waals surface area contributed by atoms with Gasteiger partial charge in [0.15, 0.2) is 6.61 Å². The van der Waals surface area contributed by atoms with Crippen LogP contribution in [0.5, 0.6) is 5.75 Å². The summed E-state index contributed by atoms with van der Waals surface area (Å²) >= 11 is 3.50. The predicted octanol–water partition coefficient (Wildman–Crippen LogP) is 5.46. The molecule has 0 fully saturated rings. The van der Waals surface area contributed by atoms with Crippen molar-refractivity contribution >= 4 is 27.5 Å². The van der Waals surface area contributed by atoms with E-state index in [0.29, 0.717) is 5.92 Å². The number of rotatable bonds is 6. The van der Waals surface area contributed by atoms with Crippen molar-refractivity contribution in [1.82, 2.24) is 0 Å². The maximum absolute atomic E-state index is 12.2. The molecule has 0 heterocycles. The summed E-state index contributed by atoms with van der Waals surface area (Å²) in [5, 5.41) is 2.88. The second-order valence-electron chi connectivity index (χ2n) is 6.20. The van der Waals surface area contributed by atoms with Crippen LogP contribution in [0.4, 0.5) is 5.69 Å². The zero-order chi connectivity index (χ0) is 17.7. The van der Waals surface area contributed by atoms with E-state index in [4.69, 9.17) is 4.74 Å². The van der Waals surface area contributed by atoms with Gasteiger partial charge in [-0.05, 0) is 70.1 Å². The molecule has 3 nitrogen and oxygen atoms in total. The maximum Gasteiger partial charge on any atom is 0.262 e. The Hall–Kier alpha value is -1.81. The minimum atomic E-state index is -0.170. The van der Waals surface area contributed by atoms with Gasteiger partial charge in [-0.3, -0.25) is 4.79 Å². The van der Waals surface area contributed by atoms with Crippen molar-refractivity contribution < 1.29 is 9.53 Å². The Morgan fingerprint density at radius 3 is 2.58 bits per heavy atom. The second-order valence-corrected chi connectivity index (χ2v) is 7.05. The number of carbonyl (C=O) groups is 1. The Balaban J connectivity index is 2.02. The van der Waals surface area contributed by atoms with Gasteiger partial charge < -0.3 is 10.1 Å². The van der Waals surface area contributed by atoms with Crippen molar-refractivity contribution in [3.63, 3.8) is 0 Å². The van der Waals surface area contributed by atoms with Crippen LogP contribution in [0.1, 0.15) is 43.4 Å². The first kappa shape index (κ1) is 18.5. The van der Waals surface area contributed by atoms with Crippen LogP contribution in [-0.4, -0.2) is 12.5 Å². The highest BCUT2D eigenvalue weighted by Crippen LogP contribution is 2.28. The number of benzene rings is 2.